The second-order valence-corrected chi connectivity index (χ2v) is 5.53. The van der Waals surface area contributed by atoms with Crippen molar-refractivity contribution < 1.29 is 4.79 Å². The van der Waals surface area contributed by atoms with Gasteiger partial charge < -0.3 is 10.6 Å². The molecule has 2 rings (SSSR count). The van der Waals surface area contributed by atoms with Gasteiger partial charge in [0.05, 0.1) is 0 Å². The van der Waals surface area contributed by atoms with Crippen molar-refractivity contribution in [3.63, 3.8) is 0 Å². The van der Waals surface area contributed by atoms with Gasteiger partial charge in [-0.2, -0.15) is 0 Å². The largest absolute Gasteiger partial charge is 0.339 e. The van der Waals surface area contributed by atoms with Gasteiger partial charge in [0.15, 0.2) is 0 Å². The highest BCUT2D eigenvalue weighted by Gasteiger charge is 2.36. The molecule has 0 spiro atoms. The lowest BCUT2D eigenvalue weighted by molar-refractivity contribution is -0.130. The third-order valence-electron chi connectivity index (χ3n) is 4.29. The Morgan fingerprint density at radius 1 is 1.31 bits per heavy atom. The zero-order valence-electron chi connectivity index (χ0n) is 10.3. The van der Waals surface area contributed by atoms with Crippen molar-refractivity contribution >= 4 is 5.91 Å². The Morgan fingerprint density at radius 3 is 2.75 bits per heavy atom. The van der Waals surface area contributed by atoms with Crippen molar-refractivity contribution in [2.24, 2.45) is 17.6 Å². The van der Waals surface area contributed by atoms with E-state index in [9.17, 15) is 4.79 Å². The van der Waals surface area contributed by atoms with Gasteiger partial charge in [0.1, 0.15) is 0 Å². The fourth-order valence-electron chi connectivity index (χ4n) is 3.22. The molecule has 0 radical (unpaired) electrons. The molecule has 1 amide bonds. The van der Waals surface area contributed by atoms with Crippen molar-refractivity contribution in [3.05, 3.63) is 0 Å². The molecule has 1 saturated heterocycles. The number of hydrogen-bond donors (Lipinski definition) is 1. The lowest BCUT2D eigenvalue weighted by atomic mass is 9.95. The summed E-state index contributed by atoms with van der Waals surface area (Å²) >= 11 is 0. The molecule has 0 bridgehead atoms. The summed E-state index contributed by atoms with van der Waals surface area (Å²) in [5, 5.41) is 0. The van der Waals surface area contributed by atoms with Crippen molar-refractivity contribution in [1.82, 2.24) is 4.90 Å². The Kier molecular flexibility index (Phi) is 3.85. The molecule has 3 nitrogen and oxygen atoms in total. The van der Waals surface area contributed by atoms with Gasteiger partial charge in [0.25, 0.3) is 0 Å². The summed E-state index contributed by atoms with van der Waals surface area (Å²) in [5.41, 5.74) is 5.67. The first-order valence-corrected chi connectivity index (χ1v) is 6.72. The number of rotatable bonds is 2. The summed E-state index contributed by atoms with van der Waals surface area (Å²) in [6.45, 7) is 3.87. The Labute approximate surface area is 98.4 Å². The maximum Gasteiger partial charge on any atom is 0.223 e. The van der Waals surface area contributed by atoms with Crippen LogP contribution in [0, 0.1) is 11.8 Å². The van der Waals surface area contributed by atoms with Crippen LogP contribution in [0.4, 0.5) is 0 Å². The van der Waals surface area contributed by atoms with Crippen molar-refractivity contribution in [2.45, 2.75) is 51.5 Å². The van der Waals surface area contributed by atoms with Crippen LogP contribution < -0.4 is 5.73 Å². The van der Waals surface area contributed by atoms with Crippen molar-refractivity contribution in [3.8, 4) is 0 Å². The fourth-order valence-corrected chi connectivity index (χ4v) is 3.22. The molecule has 1 aliphatic carbocycles. The molecule has 1 aliphatic heterocycles. The highest BCUT2D eigenvalue weighted by molar-refractivity contribution is 5.79. The van der Waals surface area contributed by atoms with Gasteiger partial charge in [-0.05, 0) is 31.2 Å². The molecule has 16 heavy (non-hydrogen) atoms. The predicted molar refractivity (Wildman–Crippen MR) is 64.9 cm³/mol. The van der Waals surface area contributed by atoms with Crippen LogP contribution >= 0.6 is 0 Å². The number of likely N-dealkylation sites (tertiary alicyclic amines) is 1. The third kappa shape index (κ3) is 2.40. The maximum atomic E-state index is 12.0. The number of nitrogens with zero attached hydrogens (tertiary/aromatic N) is 1. The van der Waals surface area contributed by atoms with Gasteiger partial charge >= 0.3 is 0 Å². The zero-order chi connectivity index (χ0) is 11.5. The smallest absolute Gasteiger partial charge is 0.223 e. The van der Waals surface area contributed by atoms with E-state index in [1.807, 2.05) is 0 Å². The van der Waals surface area contributed by atoms with E-state index in [2.05, 4.69) is 11.8 Å². The summed E-state index contributed by atoms with van der Waals surface area (Å²) in [6.07, 6.45) is 7.11. The number of carbonyl (C=O) groups is 1. The van der Waals surface area contributed by atoms with E-state index in [0.29, 0.717) is 36.8 Å². The predicted octanol–water partition coefficient (Wildman–Crippen LogP) is 1.76. The standard InChI is InChI=1S/C13H24N2O/c1-10-5-3-2-4-6-12(10)15-9-11(8-14)7-13(15)16/h10-12H,2-9,14H2,1H3. The number of nitrogens with two attached hydrogens (primary N) is 1. The zero-order valence-corrected chi connectivity index (χ0v) is 10.3. The van der Waals surface area contributed by atoms with Crippen LogP contribution in [0.3, 0.4) is 0 Å². The average Bonchev–Trinajstić information content (AvgIpc) is 2.51. The van der Waals surface area contributed by atoms with Gasteiger partial charge in [0, 0.05) is 19.0 Å². The molecule has 0 aromatic carbocycles. The van der Waals surface area contributed by atoms with Crippen LogP contribution in [0.25, 0.3) is 0 Å². The number of amides is 1. The summed E-state index contributed by atoms with van der Waals surface area (Å²) in [4.78, 5) is 14.1. The van der Waals surface area contributed by atoms with Gasteiger partial charge in [-0.25, -0.2) is 0 Å². The minimum atomic E-state index is 0.342. The van der Waals surface area contributed by atoms with Crippen LogP contribution in [0.2, 0.25) is 0 Å². The quantitative estimate of drug-likeness (QED) is 0.727. The molecule has 3 unspecified atom stereocenters. The van der Waals surface area contributed by atoms with Crippen LogP contribution in [0.1, 0.15) is 45.4 Å². The first kappa shape index (κ1) is 11.9. The Hall–Kier alpha value is -0.570. The van der Waals surface area contributed by atoms with Crippen LogP contribution in [0.5, 0.6) is 0 Å². The summed E-state index contributed by atoms with van der Waals surface area (Å²) in [5.74, 6) is 1.42. The van der Waals surface area contributed by atoms with E-state index in [1.54, 1.807) is 0 Å². The summed E-state index contributed by atoms with van der Waals surface area (Å²) < 4.78 is 0. The first-order chi connectivity index (χ1) is 7.72. The van der Waals surface area contributed by atoms with Crippen LogP contribution in [0.15, 0.2) is 0 Å². The molecular formula is C13H24N2O. The minimum absolute atomic E-state index is 0.342. The molecule has 2 fully saturated rings. The van der Waals surface area contributed by atoms with Gasteiger partial charge in [-0.15, -0.1) is 0 Å². The molecule has 1 saturated carbocycles. The van der Waals surface area contributed by atoms with Crippen molar-refractivity contribution in [2.75, 3.05) is 13.1 Å². The number of hydrogen-bond acceptors (Lipinski definition) is 2. The Balaban J connectivity index is 2.02. The minimum Gasteiger partial charge on any atom is -0.339 e. The monoisotopic (exact) mass is 224 g/mol. The molecule has 3 atom stereocenters. The Morgan fingerprint density at radius 2 is 2.06 bits per heavy atom. The van der Waals surface area contributed by atoms with E-state index in [1.165, 1.54) is 32.1 Å². The maximum absolute atomic E-state index is 12.0. The molecule has 3 heteroatoms. The second kappa shape index (κ2) is 5.17. The topological polar surface area (TPSA) is 46.3 Å². The van der Waals surface area contributed by atoms with Gasteiger partial charge in [0.2, 0.25) is 5.91 Å². The fraction of sp³-hybridized carbons (Fsp3) is 0.923. The van der Waals surface area contributed by atoms with E-state index >= 15 is 0 Å². The summed E-state index contributed by atoms with van der Waals surface area (Å²) in [6, 6.07) is 0.492. The number of carbonyl (C=O) groups excluding carboxylic acids is 1. The third-order valence-corrected chi connectivity index (χ3v) is 4.29. The highest BCUT2D eigenvalue weighted by atomic mass is 16.2. The second-order valence-electron chi connectivity index (χ2n) is 5.53. The molecule has 2 aliphatic rings. The molecule has 92 valence electrons. The first-order valence-electron chi connectivity index (χ1n) is 6.72. The lowest BCUT2D eigenvalue weighted by Gasteiger charge is -2.31. The van der Waals surface area contributed by atoms with Crippen LogP contribution in [-0.2, 0) is 4.79 Å². The average molecular weight is 224 g/mol. The normalized spacial score (nSPS) is 36.5. The SMILES string of the molecule is CC1CCCCCC1N1CC(CN)CC1=O. The van der Waals surface area contributed by atoms with E-state index < -0.39 is 0 Å². The molecule has 0 aromatic heterocycles. The van der Waals surface area contributed by atoms with E-state index in [0.717, 1.165) is 6.54 Å². The highest BCUT2D eigenvalue weighted by Crippen LogP contribution is 2.31. The molecule has 1 heterocycles. The van der Waals surface area contributed by atoms with Crippen molar-refractivity contribution in [1.29, 1.82) is 0 Å². The summed E-state index contributed by atoms with van der Waals surface area (Å²) in [7, 11) is 0. The van der Waals surface area contributed by atoms with Gasteiger partial charge in [-0.1, -0.05) is 26.2 Å². The Bertz CT molecular complexity index is 254. The van der Waals surface area contributed by atoms with Crippen LogP contribution in [-0.4, -0.2) is 29.9 Å². The van der Waals surface area contributed by atoms with E-state index in [-0.39, 0.29) is 0 Å². The molecular weight excluding hydrogens is 200 g/mol. The molecule has 2 N–H and O–H groups in total. The lowest BCUT2D eigenvalue weighted by Crippen LogP contribution is -2.40. The molecule has 0 aromatic rings. The van der Waals surface area contributed by atoms with E-state index in [4.69, 9.17) is 5.73 Å². The van der Waals surface area contributed by atoms with Gasteiger partial charge in [-0.3, -0.25) is 4.79 Å².